The minimum atomic E-state index is -0.622. The van der Waals surface area contributed by atoms with Gasteiger partial charge in [-0.15, -0.1) is 0 Å². The summed E-state index contributed by atoms with van der Waals surface area (Å²) in [4.78, 5) is 0.967. The van der Waals surface area contributed by atoms with Crippen molar-refractivity contribution in [3.8, 4) is 5.75 Å². The summed E-state index contributed by atoms with van der Waals surface area (Å²) in [6.45, 7) is 5.90. The second-order valence-electron chi connectivity index (χ2n) is 5.37. The van der Waals surface area contributed by atoms with E-state index in [9.17, 15) is 5.11 Å². The minimum Gasteiger partial charge on any atom is -0.491 e. The van der Waals surface area contributed by atoms with Gasteiger partial charge in [-0.1, -0.05) is 13.0 Å². The van der Waals surface area contributed by atoms with Crippen molar-refractivity contribution in [1.29, 1.82) is 0 Å². The van der Waals surface area contributed by atoms with Gasteiger partial charge in [0.25, 0.3) is 0 Å². The largest absolute Gasteiger partial charge is 0.491 e. The molecule has 1 atom stereocenters. The number of ether oxygens (including phenoxy) is 1. The lowest BCUT2D eigenvalue weighted by molar-refractivity contribution is -0.903. The lowest BCUT2D eigenvalue weighted by Crippen LogP contribution is -3.14. The molecule has 4 N–H and O–H groups in total. The molecule has 120 valence electrons. The van der Waals surface area contributed by atoms with E-state index in [1.165, 1.54) is 5.56 Å². The van der Waals surface area contributed by atoms with Gasteiger partial charge in [0.2, 0.25) is 0 Å². The standard InChI is InChI=1S/C16H27NO4/c1-3-14-8-13(2)9-16(10-14)21-12-15(20)11-17(4-6-18)5-7-19/h8-10,15,18-20H,3-7,11-12H2,1-2H3/p+1/t15-/m1/s1. The highest BCUT2D eigenvalue weighted by atomic mass is 16.5. The quantitative estimate of drug-likeness (QED) is 0.455. The Kier molecular flexibility index (Phi) is 8.30. The highest BCUT2D eigenvalue weighted by Crippen LogP contribution is 2.17. The normalized spacial score (nSPS) is 12.7. The van der Waals surface area contributed by atoms with Crippen LogP contribution in [0.2, 0.25) is 0 Å². The van der Waals surface area contributed by atoms with Crippen LogP contribution in [-0.2, 0) is 6.42 Å². The van der Waals surface area contributed by atoms with Gasteiger partial charge in [0.1, 0.15) is 38.1 Å². The van der Waals surface area contributed by atoms with Crippen LogP contribution in [0.1, 0.15) is 18.1 Å². The van der Waals surface area contributed by atoms with Crippen LogP contribution >= 0.6 is 0 Å². The Balaban J connectivity index is 2.48. The van der Waals surface area contributed by atoms with Gasteiger partial charge >= 0.3 is 0 Å². The third-order valence-electron chi connectivity index (χ3n) is 3.42. The highest BCUT2D eigenvalue weighted by molar-refractivity contribution is 5.33. The van der Waals surface area contributed by atoms with Crippen molar-refractivity contribution in [3.05, 3.63) is 29.3 Å². The molecule has 0 radical (unpaired) electrons. The molecule has 0 aromatic heterocycles. The van der Waals surface area contributed by atoms with E-state index >= 15 is 0 Å². The van der Waals surface area contributed by atoms with E-state index < -0.39 is 6.10 Å². The van der Waals surface area contributed by atoms with Gasteiger partial charge in [-0.3, -0.25) is 0 Å². The van der Waals surface area contributed by atoms with Gasteiger partial charge in [-0.05, 0) is 36.6 Å². The molecule has 0 aliphatic rings. The molecule has 0 aliphatic carbocycles. The summed E-state index contributed by atoms with van der Waals surface area (Å²) in [7, 11) is 0. The minimum absolute atomic E-state index is 0.0423. The third-order valence-corrected chi connectivity index (χ3v) is 3.42. The molecule has 0 saturated heterocycles. The van der Waals surface area contributed by atoms with Gasteiger partial charge in [-0.25, -0.2) is 0 Å². The third kappa shape index (κ3) is 6.91. The van der Waals surface area contributed by atoms with Crippen molar-refractivity contribution in [2.45, 2.75) is 26.4 Å². The number of aryl methyl sites for hydroxylation is 2. The first-order chi connectivity index (χ1) is 10.1. The summed E-state index contributed by atoms with van der Waals surface area (Å²) < 4.78 is 5.66. The summed E-state index contributed by atoms with van der Waals surface area (Å²) in [5.41, 5.74) is 2.36. The van der Waals surface area contributed by atoms with E-state index in [1.54, 1.807) is 0 Å². The Hall–Kier alpha value is -1.14. The SMILES string of the molecule is CCc1cc(C)cc(OC[C@H](O)C[NH+](CCO)CCO)c1. The summed E-state index contributed by atoms with van der Waals surface area (Å²) in [6, 6.07) is 6.07. The van der Waals surface area contributed by atoms with Crippen LogP contribution in [0.5, 0.6) is 5.75 Å². The summed E-state index contributed by atoms with van der Waals surface area (Å²) in [5.74, 6) is 0.775. The Morgan fingerprint density at radius 2 is 1.81 bits per heavy atom. The maximum absolute atomic E-state index is 10.0. The van der Waals surface area contributed by atoms with Crippen molar-refractivity contribution in [1.82, 2.24) is 0 Å². The first-order valence-corrected chi connectivity index (χ1v) is 7.55. The first-order valence-electron chi connectivity index (χ1n) is 7.55. The van der Waals surface area contributed by atoms with E-state index in [1.807, 2.05) is 19.1 Å². The fraction of sp³-hybridized carbons (Fsp3) is 0.625. The van der Waals surface area contributed by atoms with E-state index in [-0.39, 0.29) is 19.8 Å². The summed E-state index contributed by atoms with van der Waals surface area (Å²) in [5, 5.41) is 27.9. The predicted octanol–water partition coefficient (Wildman–Crippen LogP) is -0.833. The number of rotatable bonds is 10. The number of hydrogen-bond donors (Lipinski definition) is 4. The number of nitrogens with one attached hydrogen (secondary N) is 1. The van der Waals surface area contributed by atoms with Crippen molar-refractivity contribution in [3.63, 3.8) is 0 Å². The number of quaternary nitrogens is 1. The van der Waals surface area contributed by atoms with Crippen molar-refractivity contribution in [2.24, 2.45) is 0 Å². The molecule has 1 aromatic rings. The molecule has 0 saturated carbocycles. The lowest BCUT2D eigenvalue weighted by Gasteiger charge is -2.21. The Bertz CT molecular complexity index is 405. The highest BCUT2D eigenvalue weighted by Gasteiger charge is 2.15. The van der Waals surface area contributed by atoms with Crippen LogP contribution in [0.3, 0.4) is 0 Å². The molecule has 0 aliphatic heterocycles. The van der Waals surface area contributed by atoms with E-state index in [0.717, 1.165) is 22.6 Å². The zero-order chi connectivity index (χ0) is 15.7. The molecule has 0 bridgehead atoms. The molecule has 0 amide bonds. The molecule has 0 heterocycles. The van der Waals surface area contributed by atoms with E-state index in [0.29, 0.717) is 19.6 Å². The molecule has 1 aromatic carbocycles. The molecule has 1 rings (SSSR count). The second-order valence-corrected chi connectivity index (χ2v) is 5.37. The number of benzene rings is 1. The molecule has 0 fully saturated rings. The van der Waals surface area contributed by atoms with Crippen molar-refractivity contribution >= 4 is 0 Å². The van der Waals surface area contributed by atoms with Crippen LogP contribution in [-0.4, -0.2) is 60.9 Å². The Morgan fingerprint density at radius 1 is 1.14 bits per heavy atom. The zero-order valence-corrected chi connectivity index (χ0v) is 13.0. The Morgan fingerprint density at radius 3 is 2.38 bits per heavy atom. The average molecular weight is 298 g/mol. The predicted molar refractivity (Wildman–Crippen MR) is 81.8 cm³/mol. The van der Waals surface area contributed by atoms with Crippen molar-refractivity contribution < 1.29 is 25.0 Å². The van der Waals surface area contributed by atoms with E-state index in [2.05, 4.69) is 13.0 Å². The average Bonchev–Trinajstić information content (AvgIpc) is 2.45. The van der Waals surface area contributed by atoms with Crippen LogP contribution in [0, 0.1) is 6.92 Å². The molecule has 0 unspecified atom stereocenters. The molecule has 5 heteroatoms. The van der Waals surface area contributed by atoms with Crippen LogP contribution in [0.25, 0.3) is 0 Å². The lowest BCUT2D eigenvalue weighted by atomic mass is 10.1. The fourth-order valence-corrected chi connectivity index (χ4v) is 2.34. The van der Waals surface area contributed by atoms with Gasteiger partial charge in [0.15, 0.2) is 0 Å². The molecule has 0 spiro atoms. The Labute approximate surface area is 126 Å². The van der Waals surface area contributed by atoms with Crippen LogP contribution < -0.4 is 9.64 Å². The zero-order valence-electron chi connectivity index (χ0n) is 13.0. The van der Waals surface area contributed by atoms with Gasteiger partial charge in [0, 0.05) is 0 Å². The van der Waals surface area contributed by atoms with Gasteiger partial charge < -0.3 is 25.0 Å². The molecule has 5 nitrogen and oxygen atoms in total. The molecule has 21 heavy (non-hydrogen) atoms. The summed E-state index contributed by atoms with van der Waals surface area (Å²) >= 11 is 0. The number of hydrogen-bond acceptors (Lipinski definition) is 4. The number of aliphatic hydroxyl groups excluding tert-OH is 3. The smallest absolute Gasteiger partial charge is 0.137 e. The molecular weight excluding hydrogens is 270 g/mol. The molecular formula is C16H28NO4+. The van der Waals surface area contributed by atoms with Crippen molar-refractivity contribution in [2.75, 3.05) is 39.5 Å². The van der Waals surface area contributed by atoms with Crippen LogP contribution in [0.15, 0.2) is 18.2 Å². The first kappa shape index (κ1) is 17.9. The number of aliphatic hydroxyl groups is 3. The summed E-state index contributed by atoms with van der Waals surface area (Å²) in [6.07, 6.45) is 0.328. The van der Waals surface area contributed by atoms with E-state index in [4.69, 9.17) is 14.9 Å². The second kappa shape index (κ2) is 9.73. The van der Waals surface area contributed by atoms with Gasteiger partial charge in [-0.2, -0.15) is 0 Å². The monoisotopic (exact) mass is 298 g/mol. The van der Waals surface area contributed by atoms with Crippen LogP contribution in [0.4, 0.5) is 0 Å². The maximum atomic E-state index is 10.0. The maximum Gasteiger partial charge on any atom is 0.137 e. The van der Waals surface area contributed by atoms with Gasteiger partial charge in [0.05, 0.1) is 13.2 Å². The fourth-order valence-electron chi connectivity index (χ4n) is 2.34. The topological polar surface area (TPSA) is 74.4 Å².